The van der Waals surface area contributed by atoms with Crippen molar-refractivity contribution in [1.82, 2.24) is 5.06 Å². The molecule has 0 spiro atoms. The van der Waals surface area contributed by atoms with Crippen molar-refractivity contribution in [2.24, 2.45) is 0 Å². The highest BCUT2D eigenvalue weighted by molar-refractivity contribution is 5.16. The van der Waals surface area contributed by atoms with Crippen molar-refractivity contribution in [2.75, 3.05) is 20.3 Å². The van der Waals surface area contributed by atoms with Crippen LogP contribution in [0, 0.1) is 0 Å². The third kappa shape index (κ3) is 3.33. The maximum Gasteiger partial charge on any atom is 0.163 e. The number of hydroxylamine groups is 2. The summed E-state index contributed by atoms with van der Waals surface area (Å²) in [6.45, 7) is 5.55. The Morgan fingerprint density at radius 1 is 1.27 bits per heavy atom. The van der Waals surface area contributed by atoms with Gasteiger partial charge in [0.1, 0.15) is 17.9 Å². The Morgan fingerprint density at radius 2 is 2.05 bits per heavy atom. The van der Waals surface area contributed by atoms with Gasteiger partial charge in [-0.25, -0.2) is 0 Å². The molecule has 0 radical (unpaired) electrons. The first-order chi connectivity index (χ1) is 10.6. The van der Waals surface area contributed by atoms with Crippen LogP contribution in [0.3, 0.4) is 0 Å². The smallest absolute Gasteiger partial charge is 0.163 e. The summed E-state index contributed by atoms with van der Waals surface area (Å²) >= 11 is 0. The molecular formula is C17H23NO4. The Hall–Kier alpha value is -1.40. The summed E-state index contributed by atoms with van der Waals surface area (Å²) in [6.07, 6.45) is 1.84. The van der Waals surface area contributed by atoms with Crippen LogP contribution in [-0.2, 0) is 25.6 Å². The van der Waals surface area contributed by atoms with Crippen LogP contribution in [0.4, 0.5) is 0 Å². The monoisotopic (exact) mass is 305 g/mol. The predicted octanol–water partition coefficient (Wildman–Crippen LogP) is 2.48. The Kier molecular flexibility index (Phi) is 4.49. The zero-order chi connectivity index (χ0) is 15.6. The molecule has 0 bridgehead atoms. The minimum atomic E-state index is -0.570. The van der Waals surface area contributed by atoms with E-state index in [0.717, 1.165) is 5.76 Å². The third-order valence-electron chi connectivity index (χ3n) is 3.93. The topological polar surface area (TPSA) is 40.2 Å². The van der Waals surface area contributed by atoms with Gasteiger partial charge in [-0.15, -0.1) is 0 Å². The lowest BCUT2D eigenvalue weighted by Gasteiger charge is -2.37. The van der Waals surface area contributed by atoms with Crippen molar-refractivity contribution in [3.8, 4) is 0 Å². The number of methoxy groups -OCH3 is 1. The minimum Gasteiger partial charge on any atom is -0.499 e. The van der Waals surface area contributed by atoms with E-state index < -0.39 is 5.79 Å². The molecule has 0 aromatic heterocycles. The van der Waals surface area contributed by atoms with Gasteiger partial charge in [0.2, 0.25) is 0 Å². The van der Waals surface area contributed by atoms with E-state index in [2.05, 4.69) is 12.1 Å². The van der Waals surface area contributed by atoms with Gasteiger partial charge < -0.3 is 14.2 Å². The molecule has 5 heteroatoms. The maximum absolute atomic E-state index is 6.02. The molecule has 5 nitrogen and oxygen atoms in total. The zero-order valence-corrected chi connectivity index (χ0v) is 13.3. The fourth-order valence-corrected chi connectivity index (χ4v) is 2.91. The number of hydrogen-bond donors (Lipinski definition) is 0. The van der Waals surface area contributed by atoms with Crippen molar-refractivity contribution in [3.63, 3.8) is 0 Å². The average Bonchev–Trinajstić information content (AvgIpc) is 2.88. The molecule has 0 aliphatic carbocycles. The Bertz CT molecular complexity index is 529. The van der Waals surface area contributed by atoms with Crippen molar-refractivity contribution in [1.29, 1.82) is 0 Å². The van der Waals surface area contributed by atoms with Gasteiger partial charge in [-0.2, -0.15) is 5.06 Å². The fraction of sp³-hybridized carbons (Fsp3) is 0.529. The van der Waals surface area contributed by atoms with Crippen molar-refractivity contribution >= 4 is 0 Å². The second-order valence-electron chi connectivity index (χ2n) is 5.98. The molecule has 1 aromatic rings. The zero-order valence-electron chi connectivity index (χ0n) is 13.3. The van der Waals surface area contributed by atoms with Gasteiger partial charge in [0.25, 0.3) is 0 Å². The molecule has 3 rings (SSSR count). The van der Waals surface area contributed by atoms with Crippen LogP contribution in [0.15, 0.2) is 42.2 Å². The summed E-state index contributed by atoms with van der Waals surface area (Å²) in [4.78, 5) is 5.85. The van der Waals surface area contributed by atoms with Crippen molar-refractivity contribution in [2.45, 2.75) is 38.3 Å². The van der Waals surface area contributed by atoms with Gasteiger partial charge in [-0.3, -0.25) is 4.84 Å². The molecule has 2 aliphatic rings. The van der Waals surface area contributed by atoms with Crippen LogP contribution in [-0.4, -0.2) is 43.3 Å². The average molecular weight is 305 g/mol. The number of benzene rings is 1. The first kappa shape index (κ1) is 15.5. The molecular weight excluding hydrogens is 282 g/mol. The predicted molar refractivity (Wildman–Crippen MR) is 81.7 cm³/mol. The highest BCUT2D eigenvalue weighted by atomic mass is 16.8. The van der Waals surface area contributed by atoms with Gasteiger partial charge in [0.05, 0.1) is 26.9 Å². The largest absolute Gasteiger partial charge is 0.499 e. The van der Waals surface area contributed by atoms with Crippen LogP contribution >= 0.6 is 0 Å². The normalized spacial score (nSPS) is 28.4. The molecule has 120 valence electrons. The van der Waals surface area contributed by atoms with Crippen molar-refractivity contribution < 1.29 is 19.0 Å². The van der Waals surface area contributed by atoms with E-state index in [9.17, 15) is 0 Å². The number of ether oxygens (including phenoxy) is 3. The molecule has 0 saturated carbocycles. The quantitative estimate of drug-likeness (QED) is 0.855. The lowest BCUT2D eigenvalue weighted by atomic mass is 10.1. The summed E-state index contributed by atoms with van der Waals surface area (Å²) in [6, 6.07) is 10.1. The SMILES string of the molecule is COC1=CCON(Cc2ccccc2)[C@H]1[C@H]1COC(C)(C)O1. The summed E-state index contributed by atoms with van der Waals surface area (Å²) in [7, 11) is 1.69. The molecule has 22 heavy (non-hydrogen) atoms. The molecule has 0 N–H and O–H groups in total. The summed E-state index contributed by atoms with van der Waals surface area (Å²) in [5, 5.41) is 1.93. The first-order valence-corrected chi connectivity index (χ1v) is 7.58. The van der Waals surface area contributed by atoms with Gasteiger partial charge in [0, 0.05) is 0 Å². The number of hydrogen-bond acceptors (Lipinski definition) is 5. The van der Waals surface area contributed by atoms with Gasteiger partial charge in [-0.05, 0) is 25.5 Å². The van der Waals surface area contributed by atoms with E-state index in [-0.39, 0.29) is 12.1 Å². The molecule has 2 aliphatic heterocycles. The van der Waals surface area contributed by atoms with Gasteiger partial charge >= 0.3 is 0 Å². The van der Waals surface area contributed by atoms with Crippen LogP contribution in [0.25, 0.3) is 0 Å². The maximum atomic E-state index is 6.02. The molecule has 1 saturated heterocycles. The lowest BCUT2D eigenvalue weighted by Crippen LogP contribution is -2.48. The van der Waals surface area contributed by atoms with Crippen LogP contribution in [0.2, 0.25) is 0 Å². The van der Waals surface area contributed by atoms with Crippen molar-refractivity contribution in [3.05, 3.63) is 47.7 Å². The molecule has 0 amide bonds. The fourth-order valence-electron chi connectivity index (χ4n) is 2.91. The Balaban J connectivity index is 1.80. The number of rotatable bonds is 4. The minimum absolute atomic E-state index is 0.110. The molecule has 0 unspecified atom stereocenters. The van der Waals surface area contributed by atoms with E-state index in [0.29, 0.717) is 19.8 Å². The van der Waals surface area contributed by atoms with E-state index in [4.69, 9.17) is 19.0 Å². The summed E-state index contributed by atoms with van der Waals surface area (Å²) in [5.74, 6) is 0.299. The van der Waals surface area contributed by atoms with E-state index >= 15 is 0 Å². The van der Waals surface area contributed by atoms with Gasteiger partial charge in [-0.1, -0.05) is 30.3 Å². The van der Waals surface area contributed by atoms with Crippen LogP contribution in [0.5, 0.6) is 0 Å². The Labute approximate surface area is 131 Å². The number of nitrogens with zero attached hydrogens (tertiary/aromatic N) is 1. The van der Waals surface area contributed by atoms with E-state index in [1.54, 1.807) is 7.11 Å². The first-order valence-electron chi connectivity index (χ1n) is 7.58. The van der Waals surface area contributed by atoms with Crippen LogP contribution < -0.4 is 0 Å². The summed E-state index contributed by atoms with van der Waals surface area (Å²) in [5.41, 5.74) is 1.18. The van der Waals surface area contributed by atoms with E-state index in [1.165, 1.54) is 5.56 Å². The Morgan fingerprint density at radius 3 is 2.68 bits per heavy atom. The second kappa shape index (κ2) is 6.38. The molecule has 2 heterocycles. The summed E-state index contributed by atoms with van der Waals surface area (Å²) < 4.78 is 17.3. The standard InChI is InChI=1S/C17H23NO4/c1-17(2)20-12-15(22-17)16-14(19-3)9-10-21-18(16)11-13-7-5-4-6-8-13/h4-9,15-16H,10-12H2,1-3H3/t15-,16-/m1/s1. The van der Waals surface area contributed by atoms with E-state index in [1.807, 2.05) is 43.2 Å². The second-order valence-corrected chi connectivity index (χ2v) is 5.98. The molecule has 1 aromatic carbocycles. The third-order valence-corrected chi connectivity index (χ3v) is 3.93. The highest BCUT2D eigenvalue weighted by Gasteiger charge is 2.43. The van der Waals surface area contributed by atoms with Crippen LogP contribution in [0.1, 0.15) is 19.4 Å². The molecule has 2 atom stereocenters. The molecule has 1 fully saturated rings. The highest BCUT2D eigenvalue weighted by Crippen LogP contribution is 2.32. The van der Waals surface area contributed by atoms with Gasteiger partial charge in [0.15, 0.2) is 5.79 Å². The lowest BCUT2D eigenvalue weighted by molar-refractivity contribution is -0.223.